The van der Waals surface area contributed by atoms with Crippen molar-refractivity contribution in [3.05, 3.63) is 34.2 Å². The molecule has 0 unspecified atom stereocenters. The Morgan fingerprint density at radius 1 is 1.08 bits per heavy atom. The van der Waals surface area contributed by atoms with Gasteiger partial charge in [-0.05, 0) is 29.8 Å². The molecular weight excluding hydrogens is 374 g/mol. The van der Waals surface area contributed by atoms with Gasteiger partial charge in [-0.1, -0.05) is 11.6 Å². The molecule has 0 bridgehead atoms. The minimum Gasteiger partial charge on any atom is -0.493 e. The topological polar surface area (TPSA) is 65.1 Å². The smallest absolute Gasteiger partial charge is 0.252 e. The summed E-state index contributed by atoms with van der Waals surface area (Å²) >= 11 is 6.85. The zero-order valence-electron chi connectivity index (χ0n) is 13.7. The Morgan fingerprint density at radius 2 is 1.67 bits per heavy atom. The van der Waals surface area contributed by atoms with Crippen LogP contribution in [0, 0.1) is 0 Å². The first-order chi connectivity index (χ1) is 11.3. The van der Waals surface area contributed by atoms with E-state index in [4.69, 9.17) is 25.8 Å². The molecule has 9 heteroatoms. The lowest BCUT2D eigenvalue weighted by Gasteiger charge is -2.18. The van der Waals surface area contributed by atoms with E-state index in [1.54, 1.807) is 18.2 Å². The summed E-state index contributed by atoms with van der Waals surface area (Å²) in [5.41, 5.74) is 0.707. The van der Waals surface area contributed by atoms with E-state index in [9.17, 15) is 8.42 Å². The fourth-order valence-corrected chi connectivity index (χ4v) is 5.01. The zero-order valence-corrected chi connectivity index (χ0v) is 16.1. The van der Waals surface area contributed by atoms with E-state index >= 15 is 0 Å². The molecule has 0 N–H and O–H groups in total. The molecule has 24 heavy (non-hydrogen) atoms. The van der Waals surface area contributed by atoms with Gasteiger partial charge in [-0.3, -0.25) is 0 Å². The number of hydrogen-bond donors (Lipinski definition) is 0. The molecular formula is C15H18ClNO5S2. The molecule has 2 rings (SSSR count). The molecule has 0 aliphatic heterocycles. The lowest BCUT2D eigenvalue weighted by Crippen LogP contribution is -2.25. The third-order valence-corrected chi connectivity index (χ3v) is 6.84. The molecule has 0 saturated carbocycles. The van der Waals surface area contributed by atoms with Crippen LogP contribution in [-0.2, 0) is 16.6 Å². The molecule has 0 amide bonds. The van der Waals surface area contributed by atoms with Crippen LogP contribution in [0.1, 0.15) is 5.56 Å². The number of halogens is 1. The number of ether oxygens (including phenoxy) is 3. The minimum atomic E-state index is -3.62. The predicted octanol–water partition coefficient (Wildman–Crippen LogP) is 3.25. The van der Waals surface area contributed by atoms with Gasteiger partial charge in [0.1, 0.15) is 4.21 Å². The summed E-state index contributed by atoms with van der Waals surface area (Å²) in [6.45, 7) is 0.147. The summed E-state index contributed by atoms with van der Waals surface area (Å²) in [5, 5.41) is 0. The maximum absolute atomic E-state index is 12.6. The first kappa shape index (κ1) is 18.9. The molecule has 0 saturated heterocycles. The van der Waals surface area contributed by atoms with Crippen LogP contribution < -0.4 is 14.2 Å². The average molecular weight is 392 g/mol. The van der Waals surface area contributed by atoms with Crippen molar-refractivity contribution in [3.8, 4) is 17.2 Å². The van der Waals surface area contributed by atoms with Gasteiger partial charge in [0.2, 0.25) is 5.75 Å². The van der Waals surface area contributed by atoms with Crippen LogP contribution in [-0.4, -0.2) is 41.1 Å². The van der Waals surface area contributed by atoms with Crippen LogP contribution in [0.3, 0.4) is 0 Å². The second-order valence-electron chi connectivity index (χ2n) is 4.85. The molecule has 0 radical (unpaired) electrons. The van der Waals surface area contributed by atoms with Crippen molar-refractivity contribution in [2.24, 2.45) is 0 Å². The van der Waals surface area contributed by atoms with Crippen molar-refractivity contribution >= 4 is 33.0 Å². The largest absolute Gasteiger partial charge is 0.493 e. The number of methoxy groups -OCH3 is 3. The fourth-order valence-electron chi connectivity index (χ4n) is 2.16. The first-order valence-electron chi connectivity index (χ1n) is 6.84. The van der Waals surface area contributed by atoms with Crippen LogP contribution in [0.2, 0.25) is 4.34 Å². The summed E-state index contributed by atoms with van der Waals surface area (Å²) in [7, 11) is 2.42. The van der Waals surface area contributed by atoms with Crippen molar-refractivity contribution in [1.29, 1.82) is 0 Å². The van der Waals surface area contributed by atoms with E-state index in [-0.39, 0.29) is 10.8 Å². The Morgan fingerprint density at radius 3 is 2.08 bits per heavy atom. The Balaban J connectivity index is 2.33. The van der Waals surface area contributed by atoms with Crippen molar-refractivity contribution in [1.82, 2.24) is 4.31 Å². The SMILES string of the molecule is COc1cc(CN(C)S(=O)(=O)c2ccc(Cl)s2)cc(OC)c1OC. The molecule has 2 aromatic rings. The highest BCUT2D eigenvalue weighted by Gasteiger charge is 2.24. The van der Waals surface area contributed by atoms with E-state index in [1.807, 2.05) is 0 Å². The summed E-state index contributed by atoms with van der Waals surface area (Å²) in [4.78, 5) is 0. The molecule has 0 atom stereocenters. The highest BCUT2D eigenvalue weighted by atomic mass is 35.5. The number of rotatable bonds is 7. The van der Waals surface area contributed by atoms with Crippen molar-refractivity contribution < 1.29 is 22.6 Å². The van der Waals surface area contributed by atoms with Gasteiger partial charge < -0.3 is 14.2 Å². The van der Waals surface area contributed by atoms with Crippen LogP contribution in [0.5, 0.6) is 17.2 Å². The number of hydrogen-bond acceptors (Lipinski definition) is 6. The quantitative estimate of drug-likeness (QED) is 0.724. The number of thiophene rings is 1. The van der Waals surface area contributed by atoms with Crippen LogP contribution in [0.4, 0.5) is 0 Å². The maximum atomic E-state index is 12.6. The summed E-state index contributed by atoms with van der Waals surface area (Å²) in [6.07, 6.45) is 0. The zero-order chi connectivity index (χ0) is 17.9. The lowest BCUT2D eigenvalue weighted by atomic mass is 10.2. The van der Waals surface area contributed by atoms with Gasteiger partial charge in [0.05, 0.1) is 25.7 Å². The number of nitrogens with zero attached hydrogens (tertiary/aromatic N) is 1. The van der Waals surface area contributed by atoms with Crippen molar-refractivity contribution in [3.63, 3.8) is 0 Å². The second-order valence-corrected chi connectivity index (χ2v) is 8.84. The second kappa shape index (κ2) is 7.60. The summed E-state index contributed by atoms with van der Waals surface area (Å²) in [6, 6.07) is 6.49. The van der Waals surface area contributed by atoms with E-state index in [0.717, 1.165) is 11.3 Å². The molecule has 1 aromatic carbocycles. The van der Waals surface area contributed by atoms with Gasteiger partial charge in [0.25, 0.3) is 10.0 Å². The van der Waals surface area contributed by atoms with E-state index in [2.05, 4.69) is 0 Å². The number of sulfonamides is 1. The Bertz CT molecular complexity index is 794. The Hall–Kier alpha value is -1.48. The molecule has 1 aromatic heterocycles. The van der Waals surface area contributed by atoms with E-state index < -0.39 is 10.0 Å². The predicted molar refractivity (Wildman–Crippen MR) is 94.1 cm³/mol. The van der Waals surface area contributed by atoms with Gasteiger partial charge in [-0.15, -0.1) is 11.3 Å². The lowest BCUT2D eigenvalue weighted by molar-refractivity contribution is 0.323. The van der Waals surface area contributed by atoms with Gasteiger partial charge in [0.15, 0.2) is 11.5 Å². The van der Waals surface area contributed by atoms with Crippen molar-refractivity contribution in [2.45, 2.75) is 10.8 Å². The van der Waals surface area contributed by atoms with Crippen molar-refractivity contribution in [2.75, 3.05) is 28.4 Å². The van der Waals surface area contributed by atoms with Gasteiger partial charge in [0, 0.05) is 13.6 Å². The summed E-state index contributed by atoms with van der Waals surface area (Å²) in [5.74, 6) is 1.40. The Kier molecular flexibility index (Phi) is 5.97. The third kappa shape index (κ3) is 3.77. The van der Waals surface area contributed by atoms with E-state index in [0.29, 0.717) is 27.1 Å². The summed E-state index contributed by atoms with van der Waals surface area (Å²) < 4.78 is 42.8. The highest BCUT2D eigenvalue weighted by Crippen LogP contribution is 2.38. The maximum Gasteiger partial charge on any atom is 0.252 e. The monoisotopic (exact) mass is 391 g/mol. The van der Waals surface area contributed by atoms with E-state index in [1.165, 1.54) is 38.7 Å². The van der Waals surface area contributed by atoms with Gasteiger partial charge in [-0.2, -0.15) is 4.31 Å². The Labute approximate surface area is 150 Å². The van der Waals surface area contributed by atoms with Gasteiger partial charge in [-0.25, -0.2) is 8.42 Å². The molecule has 0 fully saturated rings. The molecule has 0 aliphatic carbocycles. The normalized spacial score (nSPS) is 11.6. The van der Waals surface area contributed by atoms with Crippen LogP contribution in [0.25, 0.3) is 0 Å². The molecule has 0 spiro atoms. The molecule has 0 aliphatic rings. The average Bonchev–Trinajstić information content (AvgIpc) is 3.00. The standard InChI is InChI=1S/C15H18ClNO5S2/c1-17(24(18,19)14-6-5-13(16)23-14)9-10-7-11(20-2)15(22-4)12(8-10)21-3/h5-8H,9H2,1-4H3. The fraction of sp³-hybridized carbons (Fsp3) is 0.333. The van der Waals surface area contributed by atoms with Gasteiger partial charge >= 0.3 is 0 Å². The van der Waals surface area contributed by atoms with Crippen LogP contribution >= 0.6 is 22.9 Å². The first-order valence-corrected chi connectivity index (χ1v) is 9.47. The molecule has 6 nitrogen and oxygen atoms in total. The van der Waals surface area contributed by atoms with Crippen LogP contribution in [0.15, 0.2) is 28.5 Å². The highest BCUT2D eigenvalue weighted by molar-refractivity contribution is 7.91. The molecule has 1 heterocycles. The third-order valence-electron chi connectivity index (χ3n) is 3.34. The minimum absolute atomic E-state index is 0.147. The molecule has 132 valence electrons. The number of benzene rings is 1.